The molecule has 38 heavy (non-hydrogen) atoms. The van der Waals surface area contributed by atoms with Gasteiger partial charge in [0.1, 0.15) is 0 Å². The summed E-state index contributed by atoms with van der Waals surface area (Å²) in [5.41, 5.74) is 0.719. The van der Waals surface area contributed by atoms with Gasteiger partial charge in [0, 0.05) is 18.0 Å². The molecule has 0 saturated carbocycles. The van der Waals surface area contributed by atoms with Crippen LogP contribution in [0.5, 0.6) is 0 Å². The maximum atomic E-state index is 10.9. The first kappa shape index (κ1) is 34.3. The van der Waals surface area contributed by atoms with Gasteiger partial charge in [0.25, 0.3) is 0 Å². The van der Waals surface area contributed by atoms with E-state index in [0.29, 0.717) is 0 Å². The van der Waals surface area contributed by atoms with Gasteiger partial charge in [0.2, 0.25) is 5.69 Å². The number of piperidine rings is 1. The lowest BCUT2D eigenvalue weighted by Gasteiger charge is -2.35. The van der Waals surface area contributed by atoms with Crippen LogP contribution in [0.1, 0.15) is 148 Å². The molecule has 1 aliphatic rings. The Bertz CT molecular complexity index is 861. The summed E-state index contributed by atoms with van der Waals surface area (Å²) in [6, 6.07) is 4.45. The first-order valence-corrected chi connectivity index (χ1v) is 20.6. The van der Waals surface area contributed by atoms with Crippen molar-refractivity contribution < 1.29 is 9.79 Å². The molecule has 1 heterocycles. The van der Waals surface area contributed by atoms with E-state index in [9.17, 15) is 9.79 Å². The predicted molar refractivity (Wildman–Crippen MR) is 177 cm³/mol. The van der Waals surface area contributed by atoms with Crippen LogP contribution in [0.25, 0.3) is 0 Å². The molecule has 1 aliphatic heterocycles. The fourth-order valence-corrected chi connectivity index (χ4v) is 11.8. The molecule has 1 aromatic carbocycles. The fourth-order valence-electron chi connectivity index (χ4n) is 5.99. The zero-order valence-electron chi connectivity index (χ0n) is 25.4. The van der Waals surface area contributed by atoms with Crippen molar-refractivity contribution >= 4 is 33.7 Å². The van der Waals surface area contributed by atoms with Crippen molar-refractivity contribution in [2.45, 2.75) is 154 Å². The average Bonchev–Trinajstić information content (AvgIpc) is 2.85. The first-order valence-electron chi connectivity index (χ1n) is 15.7. The van der Waals surface area contributed by atoms with Gasteiger partial charge >= 0.3 is 0 Å². The molecule has 0 radical (unpaired) electrons. The molecule has 2 rings (SSSR count). The molecular weight excluding hydrogens is 525 g/mol. The summed E-state index contributed by atoms with van der Waals surface area (Å²) < 4.78 is 0. The number of nitrogens with zero attached hydrogens (tertiary/aromatic N) is 1. The summed E-state index contributed by atoms with van der Waals surface area (Å²) >= 11 is 4.43. The summed E-state index contributed by atoms with van der Waals surface area (Å²) in [5.74, 6) is 0.831. The van der Waals surface area contributed by atoms with E-state index >= 15 is 0 Å². The number of benzene rings is 1. The molecule has 0 spiro atoms. The van der Waals surface area contributed by atoms with Crippen LogP contribution in [0.4, 0.5) is 5.69 Å². The van der Waals surface area contributed by atoms with E-state index in [1.165, 1.54) is 120 Å². The van der Waals surface area contributed by atoms with Gasteiger partial charge in [-0.2, -0.15) is 0 Å². The van der Waals surface area contributed by atoms with Crippen molar-refractivity contribution in [3.63, 3.8) is 0 Å². The predicted octanol–water partition coefficient (Wildman–Crippen LogP) is 10.3. The minimum absolute atomic E-state index is 0.0615. The Morgan fingerprint density at radius 1 is 0.789 bits per heavy atom. The largest absolute Gasteiger partial charge is 0.370 e. The Morgan fingerprint density at radius 3 is 1.71 bits per heavy atom. The number of anilines is 1. The van der Waals surface area contributed by atoms with Crippen LogP contribution in [0.3, 0.4) is 0 Å². The third kappa shape index (κ3) is 11.9. The summed E-state index contributed by atoms with van der Waals surface area (Å²) in [7, 11) is -0.635. The highest BCUT2D eigenvalue weighted by atomic mass is 32.9. The molecule has 2 N–H and O–H groups in total. The van der Waals surface area contributed by atoms with E-state index in [-0.39, 0.29) is 5.41 Å². The van der Waals surface area contributed by atoms with Crippen molar-refractivity contribution in [2.24, 2.45) is 0 Å². The van der Waals surface area contributed by atoms with Gasteiger partial charge in [-0.1, -0.05) is 140 Å². The lowest BCUT2D eigenvalue weighted by Crippen LogP contribution is -2.32. The normalized spacial score (nSPS) is 15.7. The molecule has 1 saturated heterocycles. The van der Waals surface area contributed by atoms with E-state index in [4.69, 9.17) is 0 Å². The van der Waals surface area contributed by atoms with Gasteiger partial charge in [-0.3, -0.25) is 0 Å². The van der Waals surface area contributed by atoms with E-state index in [0.717, 1.165) is 30.2 Å². The summed E-state index contributed by atoms with van der Waals surface area (Å²) in [5, 5.41) is 0. The van der Waals surface area contributed by atoms with Gasteiger partial charge in [-0.05, 0) is 61.0 Å². The SMILES string of the molecule is CCCCCCCCCCCCCCCCS(c1ccc(C(C)(C)C)c(C)c1N1CCCCC1)=P(O)(O)S. The van der Waals surface area contributed by atoms with Crippen LogP contribution >= 0.6 is 17.9 Å². The lowest BCUT2D eigenvalue weighted by atomic mass is 9.83. The number of thiol groups is 1. The van der Waals surface area contributed by atoms with Crippen LogP contribution < -0.4 is 4.90 Å². The molecule has 1 fully saturated rings. The Kier molecular flexibility index (Phi) is 16.0. The molecule has 0 aromatic heterocycles. The van der Waals surface area contributed by atoms with Crippen molar-refractivity contribution in [1.29, 1.82) is 0 Å². The Labute approximate surface area is 243 Å². The standard InChI is InChI=1S/C32H60NO2PS2/c1-6-7-8-9-10-11-12-13-14-15-16-17-18-22-27-38(36(34,35)37)30-24-23-29(32(3,4)5)28(2)31(30)33-25-20-19-21-26-33/h23-24,34-35,37H,6-22,25-27H2,1-5H3. The number of hydrogen-bond donors (Lipinski definition) is 3. The quantitative estimate of drug-likeness (QED) is 0.0968. The van der Waals surface area contributed by atoms with Gasteiger partial charge in [-0.25, -0.2) is 0 Å². The number of unbranched alkanes of at least 4 members (excludes halogenated alkanes) is 13. The zero-order chi connectivity index (χ0) is 28.0. The monoisotopic (exact) mass is 585 g/mol. The molecule has 222 valence electrons. The van der Waals surface area contributed by atoms with E-state index in [2.05, 4.69) is 63.9 Å². The smallest absolute Gasteiger partial charge is 0.203 e. The third-order valence-electron chi connectivity index (χ3n) is 8.12. The van der Waals surface area contributed by atoms with Crippen molar-refractivity contribution in [2.75, 3.05) is 23.7 Å². The Morgan fingerprint density at radius 2 is 1.26 bits per heavy atom. The number of rotatable bonds is 17. The highest BCUT2D eigenvalue weighted by Crippen LogP contribution is 2.52. The maximum absolute atomic E-state index is 10.9. The highest BCUT2D eigenvalue weighted by molar-refractivity contribution is 8.65. The molecule has 1 aromatic rings. The molecule has 6 heteroatoms. The van der Waals surface area contributed by atoms with Crippen LogP contribution in [0, 0.1) is 6.92 Å². The van der Waals surface area contributed by atoms with Gasteiger partial charge in [0.15, 0.2) is 0 Å². The molecule has 1 atom stereocenters. The van der Waals surface area contributed by atoms with Crippen LogP contribution in [0.15, 0.2) is 17.0 Å². The maximum Gasteiger partial charge on any atom is 0.203 e. The fraction of sp³-hybridized carbons (Fsp3) is 0.812. The molecule has 0 amide bonds. The minimum atomic E-state index is -3.29. The Hall–Kier alpha value is 0.0700. The second-order valence-corrected chi connectivity index (χ2v) is 20.5. The molecule has 3 nitrogen and oxygen atoms in total. The van der Waals surface area contributed by atoms with Gasteiger partial charge in [-0.15, -0.1) is 0 Å². The van der Waals surface area contributed by atoms with Crippen molar-refractivity contribution in [3.05, 3.63) is 23.3 Å². The minimum Gasteiger partial charge on any atom is -0.370 e. The zero-order valence-corrected chi connectivity index (χ0v) is 28.0. The third-order valence-corrected chi connectivity index (χ3v) is 14.9. The molecule has 0 bridgehead atoms. The average molecular weight is 586 g/mol. The first-order chi connectivity index (χ1) is 18.1. The summed E-state index contributed by atoms with van der Waals surface area (Å²) in [6.45, 7) is 13.5. The second-order valence-electron chi connectivity index (χ2n) is 12.6. The van der Waals surface area contributed by atoms with Gasteiger partial charge < -0.3 is 14.7 Å². The van der Waals surface area contributed by atoms with Crippen molar-refractivity contribution in [3.8, 4) is 0 Å². The Balaban J connectivity index is 1.92. The highest BCUT2D eigenvalue weighted by Gasteiger charge is 2.26. The van der Waals surface area contributed by atoms with Gasteiger partial charge in [0.05, 0.1) is 5.69 Å². The van der Waals surface area contributed by atoms with Crippen molar-refractivity contribution in [1.82, 2.24) is 0 Å². The van der Waals surface area contributed by atoms with E-state index < -0.39 is 15.8 Å². The molecular formula is C32H60NO2PS2. The summed E-state index contributed by atoms with van der Waals surface area (Å²) in [6.07, 6.45) is 22.4. The second kappa shape index (κ2) is 17.8. The lowest BCUT2D eigenvalue weighted by molar-refractivity contribution is 0.502. The molecule has 0 aliphatic carbocycles. The topological polar surface area (TPSA) is 43.7 Å². The number of hydrogen-bond acceptors (Lipinski definition) is 1. The summed E-state index contributed by atoms with van der Waals surface area (Å²) in [4.78, 5) is 25.5. The molecule has 1 unspecified atom stereocenters. The van der Waals surface area contributed by atoms with E-state index in [1.54, 1.807) is 0 Å². The van der Waals surface area contributed by atoms with Crippen LogP contribution in [0.2, 0.25) is 0 Å². The van der Waals surface area contributed by atoms with Crippen LogP contribution in [-0.2, 0) is 15.5 Å². The van der Waals surface area contributed by atoms with Crippen LogP contribution in [-0.4, -0.2) is 28.6 Å². The van der Waals surface area contributed by atoms with E-state index in [1.807, 2.05) is 0 Å².